The average Bonchev–Trinajstić information content (AvgIpc) is 2.77. The number of nitrogens with zero attached hydrogens (tertiary/aromatic N) is 5. The zero-order valence-corrected chi connectivity index (χ0v) is 11.6. The molecular weight excluding hydrogens is 228 g/mol. The second-order valence-corrected chi connectivity index (χ2v) is 5.08. The van der Waals surface area contributed by atoms with Gasteiger partial charge in [-0.1, -0.05) is 20.3 Å². The maximum atomic E-state index is 4.28. The van der Waals surface area contributed by atoms with Gasteiger partial charge >= 0.3 is 0 Å². The lowest BCUT2D eigenvalue weighted by molar-refractivity contribution is 0.110. The normalized spacial score (nSPS) is 25.5. The van der Waals surface area contributed by atoms with E-state index in [1.165, 1.54) is 24.1 Å². The quantitative estimate of drug-likeness (QED) is 0.830. The predicted molar refractivity (Wildman–Crippen MR) is 70.0 cm³/mol. The van der Waals surface area contributed by atoms with Gasteiger partial charge in [0.15, 0.2) is 5.82 Å². The van der Waals surface area contributed by atoms with Crippen molar-refractivity contribution in [3.8, 4) is 0 Å². The lowest BCUT2D eigenvalue weighted by Crippen LogP contribution is -2.55. The molecule has 0 amide bonds. The molecule has 0 aromatic carbocycles. The molecule has 0 spiro atoms. The van der Waals surface area contributed by atoms with Crippen LogP contribution in [-0.2, 0) is 13.6 Å². The molecule has 2 atom stereocenters. The van der Waals surface area contributed by atoms with E-state index >= 15 is 0 Å². The van der Waals surface area contributed by atoms with Crippen molar-refractivity contribution < 1.29 is 0 Å². The van der Waals surface area contributed by atoms with Crippen LogP contribution in [0.5, 0.6) is 0 Å². The monoisotopic (exact) mass is 252 g/mol. The Bertz CT molecular complexity index is 363. The highest BCUT2D eigenvalue weighted by molar-refractivity contribution is 4.88. The Morgan fingerprint density at radius 1 is 1.39 bits per heavy atom. The number of tetrazole rings is 1. The fourth-order valence-electron chi connectivity index (χ4n) is 2.58. The zero-order chi connectivity index (χ0) is 13.0. The molecular formula is C12H24N6. The number of hydrogen-bond donors (Lipinski definition) is 1. The fraction of sp³-hybridized carbons (Fsp3) is 0.917. The first-order valence-electron chi connectivity index (χ1n) is 6.93. The molecule has 2 unspecified atom stereocenters. The van der Waals surface area contributed by atoms with Crippen LogP contribution in [0.2, 0.25) is 0 Å². The van der Waals surface area contributed by atoms with E-state index in [-0.39, 0.29) is 0 Å². The summed E-state index contributed by atoms with van der Waals surface area (Å²) in [6.07, 6.45) is 3.61. The van der Waals surface area contributed by atoms with Crippen LogP contribution in [0.3, 0.4) is 0 Å². The van der Waals surface area contributed by atoms with Crippen molar-refractivity contribution in [1.82, 2.24) is 30.4 Å². The lowest BCUT2D eigenvalue weighted by atomic mass is 10.0. The van der Waals surface area contributed by atoms with Crippen LogP contribution < -0.4 is 5.32 Å². The van der Waals surface area contributed by atoms with Crippen molar-refractivity contribution in [1.29, 1.82) is 0 Å². The minimum absolute atomic E-state index is 0.592. The molecule has 18 heavy (non-hydrogen) atoms. The summed E-state index contributed by atoms with van der Waals surface area (Å²) in [6, 6.07) is 1.19. The molecule has 0 bridgehead atoms. The Hall–Kier alpha value is -1.01. The third-order valence-corrected chi connectivity index (χ3v) is 3.62. The Labute approximate surface area is 109 Å². The van der Waals surface area contributed by atoms with Crippen LogP contribution >= 0.6 is 0 Å². The SMILES string of the molecule is CCCC1CNC(CC)CN1Cc1nnn(C)n1. The van der Waals surface area contributed by atoms with Gasteiger partial charge in [0.25, 0.3) is 0 Å². The number of nitrogens with one attached hydrogen (secondary N) is 1. The Morgan fingerprint density at radius 2 is 2.22 bits per heavy atom. The zero-order valence-electron chi connectivity index (χ0n) is 11.6. The third kappa shape index (κ3) is 3.26. The second kappa shape index (κ2) is 6.24. The molecule has 2 rings (SSSR count). The standard InChI is InChI=1S/C12H24N6/c1-4-6-11-7-13-10(5-2)8-18(11)9-12-14-16-17(3)15-12/h10-11,13H,4-9H2,1-3H3. The van der Waals surface area contributed by atoms with Crippen molar-refractivity contribution in [2.24, 2.45) is 7.05 Å². The highest BCUT2D eigenvalue weighted by Crippen LogP contribution is 2.15. The van der Waals surface area contributed by atoms with Crippen molar-refractivity contribution in [2.45, 2.75) is 51.7 Å². The van der Waals surface area contributed by atoms with Gasteiger partial charge in [-0.05, 0) is 18.1 Å². The summed E-state index contributed by atoms with van der Waals surface area (Å²) >= 11 is 0. The maximum Gasteiger partial charge on any atom is 0.188 e. The van der Waals surface area contributed by atoms with Crippen LogP contribution in [0, 0.1) is 0 Å². The molecule has 102 valence electrons. The third-order valence-electron chi connectivity index (χ3n) is 3.62. The molecule has 0 aliphatic carbocycles. The van der Waals surface area contributed by atoms with Crippen molar-refractivity contribution in [3.05, 3.63) is 5.82 Å². The molecule has 1 fully saturated rings. The van der Waals surface area contributed by atoms with Gasteiger partial charge in [-0.15, -0.1) is 10.2 Å². The second-order valence-electron chi connectivity index (χ2n) is 5.08. The summed E-state index contributed by atoms with van der Waals surface area (Å²) < 4.78 is 0. The summed E-state index contributed by atoms with van der Waals surface area (Å²) in [6.45, 7) is 7.45. The number of aryl methyl sites for hydroxylation is 1. The topological polar surface area (TPSA) is 58.9 Å². The van der Waals surface area contributed by atoms with Gasteiger partial charge < -0.3 is 5.32 Å². The molecule has 6 nitrogen and oxygen atoms in total. The van der Waals surface area contributed by atoms with Crippen LogP contribution in [0.25, 0.3) is 0 Å². The summed E-state index contributed by atoms with van der Waals surface area (Å²) in [5.41, 5.74) is 0. The van der Waals surface area contributed by atoms with E-state index < -0.39 is 0 Å². The van der Waals surface area contributed by atoms with Gasteiger partial charge in [0.05, 0.1) is 13.6 Å². The minimum Gasteiger partial charge on any atom is -0.311 e. The van der Waals surface area contributed by atoms with Crippen molar-refractivity contribution in [3.63, 3.8) is 0 Å². The minimum atomic E-state index is 0.592. The first-order valence-corrected chi connectivity index (χ1v) is 6.93. The van der Waals surface area contributed by atoms with Gasteiger partial charge in [0.1, 0.15) is 0 Å². The lowest BCUT2D eigenvalue weighted by Gasteiger charge is -2.39. The molecule has 1 saturated heterocycles. The van der Waals surface area contributed by atoms with Crippen LogP contribution in [0.15, 0.2) is 0 Å². The van der Waals surface area contributed by atoms with E-state index in [1.807, 2.05) is 7.05 Å². The summed E-state index contributed by atoms with van der Waals surface area (Å²) in [5, 5.41) is 15.9. The molecule has 1 aliphatic rings. The Balaban J connectivity index is 2.00. The Kier molecular flexibility index (Phi) is 4.66. The number of piperazine rings is 1. The predicted octanol–water partition coefficient (Wildman–Crippen LogP) is 0.563. The van der Waals surface area contributed by atoms with E-state index in [2.05, 4.69) is 39.5 Å². The van der Waals surface area contributed by atoms with Crippen molar-refractivity contribution in [2.75, 3.05) is 13.1 Å². The van der Waals surface area contributed by atoms with Gasteiger partial charge in [0, 0.05) is 25.2 Å². The first-order chi connectivity index (χ1) is 8.72. The van der Waals surface area contributed by atoms with E-state index in [4.69, 9.17) is 0 Å². The summed E-state index contributed by atoms with van der Waals surface area (Å²) in [4.78, 5) is 4.04. The molecule has 0 saturated carbocycles. The molecule has 0 radical (unpaired) electrons. The molecule has 1 aliphatic heterocycles. The molecule has 1 aromatic rings. The van der Waals surface area contributed by atoms with Crippen molar-refractivity contribution >= 4 is 0 Å². The van der Waals surface area contributed by atoms with E-state index in [1.54, 1.807) is 0 Å². The molecule has 1 N–H and O–H groups in total. The van der Waals surface area contributed by atoms with Crippen LogP contribution in [0.1, 0.15) is 38.9 Å². The fourth-order valence-corrected chi connectivity index (χ4v) is 2.58. The number of aromatic nitrogens is 4. The smallest absolute Gasteiger partial charge is 0.188 e. The molecule has 6 heteroatoms. The Morgan fingerprint density at radius 3 is 2.83 bits per heavy atom. The number of hydrogen-bond acceptors (Lipinski definition) is 5. The average molecular weight is 252 g/mol. The molecule has 2 heterocycles. The highest BCUT2D eigenvalue weighted by Gasteiger charge is 2.27. The maximum absolute atomic E-state index is 4.28. The van der Waals surface area contributed by atoms with E-state index in [0.717, 1.165) is 25.5 Å². The van der Waals surface area contributed by atoms with Gasteiger partial charge in [-0.25, -0.2) is 0 Å². The van der Waals surface area contributed by atoms with E-state index in [0.29, 0.717) is 12.1 Å². The van der Waals surface area contributed by atoms with Gasteiger partial charge in [-0.3, -0.25) is 4.90 Å². The van der Waals surface area contributed by atoms with Crippen LogP contribution in [0.4, 0.5) is 0 Å². The molecule has 1 aromatic heterocycles. The highest BCUT2D eigenvalue weighted by atomic mass is 15.6. The van der Waals surface area contributed by atoms with E-state index in [9.17, 15) is 0 Å². The summed E-state index contributed by atoms with van der Waals surface area (Å²) in [7, 11) is 1.81. The van der Waals surface area contributed by atoms with Gasteiger partial charge in [0.2, 0.25) is 0 Å². The summed E-state index contributed by atoms with van der Waals surface area (Å²) in [5.74, 6) is 0.829. The largest absolute Gasteiger partial charge is 0.311 e. The van der Waals surface area contributed by atoms with Crippen LogP contribution in [-0.4, -0.2) is 50.3 Å². The first kappa shape index (κ1) is 13.4. The van der Waals surface area contributed by atoms with Gasteiger partial charge in [-0.2, -0.15) is 4.80 Å². The number of rotatable bonds is 5.